The molecule has 1 aliphatic rings. The number of nitrogens with one attached hydrogen (secondary N) is 1. The number of carbonyl (C=O) groups excluding carboxylic acids is 1. The van der Waals surface area contributed by atoms with Crippen LogP contribution >= 0.6 is 22.7 Å². The number of hydrogen-bond donors (Lipinski definition) is 1. The predicted molar refractivity (Wildman–Crippen MR) is 88.9 cm³/mol. The van der Waals surface area contributed by atoms with Gasteiger partial charge in [0.25, 0.3) is 0 Å². The van der Waals surface area contributed by atoms with E-state index in [0.29, 0.717) is 12.5 Å². The monoisotopic (exact) mass is 320 g/mol. The van der Waals surface area contributed by atoms with Crippen molar-refractivity contribution in [1.29, 1.82) is 0 Å². The molecule has 1 fully saturated rings. The third kappa shape index (κ3) is 3.71. The van der Waals surface area contributed by atoms with Crippen LogP contribution in [0.1, 0.15) is 42.0 Å². The SMILES string of the molecule is Cc1nc(-c2cccs2)c(CCC(=O)NC2CCCC2)s1. The smallest absolute Gasteiger partial charge is 0.220 e. The zero-order valence-electron chi connectivity index (χ0n) is 12.2. The van der Waals surface area contributed by atoms with Gasteiger partial charge in [0.1, 0.15) is 0 Å². The maximum absolute atomic E-state index is 12.1. The second-order valence-electron chi connectivity index (χ2n) is 5.53. The van der Waals surface area contributed by atoms with Gasteiger partial charge in [0.05, 0.1) is 15.6 Å². The Balaban J connectivity index is 1.61. The van der Waals surface area contributed by atoms with Crippen LogP contribution in [0.4, 0.5) is 0 Å². The third-order valence-electron chi connectivity index (χ3n) is 3.86. The van der Waals surface area contributed by atoms with Crippen LogP contribution in [0, 0.1) is 6.92 Å². The molecule has 2 heterocycles. The van der Waals surface area contributed by atoms with E-state index in [1.165, 1.54) is 22.6 Å². The Morgan fingerprint density at radius 2 is 2.24 bits per heavy atom. The lowest BCUT2D eigenvalue weighted by molar-refractivity contribution is -0.121. The minimum absolute atomic E-state index is 0.185. The average Bonchev–Trinajstić information content (AvgIpc) is 3.17. The first kappa shape index (κ1) is 14.7. The molecule has 3 rings (SSSR count). The Bertz CT molecular complexity index is 598. The Labute approximate surface area is 133 Å². The highest BCUT2D eigenvalue weighted by atomic mass is 32.1. The molecule has 112 valence electrons. The Hall–Kier alpha value is -1.20. The lowest BCUT2D eigenvalue weighted by Crippen LogP contribution is -2.32. The number of thiazole rings is 1. The molecule has 3 nitrogen and oxygen atoms in total. The van der Waals surface area contributed by atoms with Gasteiger partial charge in [-0.25, -0.2) is 4.98 Å². The summed E-state index contributed by atoms with van der Waals surface area (Å²) >= 11 is 3.42. The molecule has 1 amide bonds. The van der Waals surface area contributed by atoms with Gasteiger partial charge in [-0.3, -0.25) is 4.79 Å². The molecular weight excluding hydrogens is 300 g/mol. The van der Waals surface area contributed by atoms with Crippen LogP contribution in [-0.2, 0) is 11.2 Å². The largest absolute Gasteiger partial charge is 0.353 e. The van der Waals surface area contributed by atoms with Crippen LogP contribution in [0.2, 0.25) is 0 Å². The molecule has 0 unspecified atom stereocenters. The summed E-state index contributed by atoms with van der Waals surface area (Å²) in [5.41, 5.74) is 1.07. The zero-order valence-corrected chi connectivity index (χ0v) is 13.9. The van der Waals surface area contributed by atoms with E-state index in [1.807, 2.05) is 13.0 Å². The molecule has 2 aromatic heterocycles. The molecule has 0 saturated heterocycles. The van der Waals surface area contributed by atoms with E-state index in [9.17, 15) is 4.79 Å². The van der Waals surface area contributed by atoms with E-state index >= 15 is 0 Å². The topological polar surface area (TPSA) is 42.0 Å². The fourth-order valence-corrected chi connectivity index (χ4v) is 4.60. The highest BCUT2D eigenvalue weighted by molar-refractivity contribution is 7.15. The Morgan fingerprint density at radius 3 is 2.95 bits per heavy atom. The molecule has 5 heteroatoms. The number of carbonyl (C=O) groups is 1. The van der Waals surface area contributed by atoms with Crippen molar-refractivity contribution in [2.45, 2.75) is 51.5 Å². The summed E-state index contributed by atoms with van der Waals surface area (Å²) < 4.78 is 0. The summed E-state index contributed by atoms with van der Waals surface area (Å²) in [7, 11) is 0. The second kappa shape index (κ2) is 6.71. The van der Waals surface area contributed by atoms with E-state index < -0.39 is 0 Å². The van der Waals surface area contributed by atoms with E-state index in [2.05, 4.69) is 21.7 Å². The Kier molecular flexibility index (Phi) is 4.70. The maximum Gasteiger partial charge on any atom is 0.220 e. The molecular formula is C16H20N2OS2. The van der Waals surface area contributed by atoms with Gasteiger partial charge in [0.2, 0.25) is 5.91 Å². The first-order valence-electron chi connectivity index (χ1n) is 7.52. The molecule has 21 heavy (non-hydrogen) atoms. The standard InChI is InChI=1S/C16H20N2OS2/c1-11-17-16(13-7-4-10-20-13)14(21-11)8-9-15(19)18-12-5-2-3-6-12/h4,7,10,12H,2-3,5-6,8-9H2,1H3,(H,18,19). The van der Waals surface area contributed by atoms with Crippen molar-refractivity contribution in [3.05, 3.63) is 27.4 Å². The fraction of sp³-hybridized carbons (Fsp3) is 0.500. The minimum atomic E-state index is 0.185. The molecule has 1 aliphatic carbocycles. The highest BCUT2D eigenvalue weighted by Crippen LogP contribution is 2.32. The molecule has 0 radical (unpaired) electrons. The summed E-state index contributed by atoms with van der Waals surface area (Å²) in [5.74, 6) is 0.185. The molecule has 0 aliphatic heterocycles. The molecule has 0 spiro atoms. The van der Waals surface area contributed by atoms with E-state index in [4.69, 9.17) is 0 Å². The number of aryl methyl sites for hydroxylation is 2. The van der Waals surface area contributed by atoms with Crippen LogP contribution in [0.15, 0.2) is 17.5 Å². The van der Waals surface area contributed by atoms with Crippen LogP contribution in [0.5, 0.6) is 0 Å². The molecule has 1 saturated carbocycles. The number of thiophene rings is 1. The quantitative estimate of drug-likeness (QED) is 0.898. The van der Waals surface area contributed by atoms with Gasteiger partial charge in [0.15, 0.2) is 0 Å². The second-order valence-corrected chi connectivity index (χ2v) is 7.77. The number of amides is 1. The van der Waals surface area contributed by atoms with Gasteiger partial charge >= 0.3 is 0 Å². The zero-order chi connectivity index (χ0) is 14.7. The Morgan fingerprint density at radius 1 is 1.43 bits per heavy atom. The first-order chi connectivity index (χ1) is 10.2. The maximum atomic E-state index is 12.1. The number of aromatic nitrogens is 1. The molecule has 0 bridgehead atoms. The normalized spacial score (nSPS) is 15.5. The van der Waals surface area contributed by atoms with Crippen molar-refractivity contribution >= 4 is 28.6 Å². The van der Waals surface area contributed by atoms with E-state index in [0.717, 1.165) is 30.0 Å². The first-order valence-corrected chi connectivity index (χ1v) is 9.21. The number of hydrogen-bond acceptors (Lipinski definition) is 4. The van der Waals surface area contributed by atoms with Crippen molar-refractivity contribution in [3.63, 3.8) is 0 Å². The van der Waals surface area contributed by atoms with Crippen LogP contribution in [0.3, 0.4) is 0 Å². The van der Waals surface area contributed by atoms with Crippen LogP contribution in [-0.4, -0.2) is 16.9 Å². The van der Waals surface area contributed by atoms with Crippen molar-refractivity contribution in [2.75, 3.05) is 0 Å². The molecule has 0 aromatic carbocycles. The fourth-order valence-electron chi connectivity index (χ4n) is 2.84. The van der Waals surface area contributed by atoms with Gasteiger partial charge < -0.3 is 5.32 Å². The summed E-state index contributed by atoms with van der Waals surface area (Å²) in [5, 5.41) is 6.30. The van der Waals surface area contributed by atoms with Crippen molar-refractivity contribution in [1.82, 2.24) is 10.3 Å². The van der Waals surface area contributed by atoms with Gasteiger partial charge in [0, 0.05) is 17.3 Å². The molecule has 0 atom stereocenters. The van der Waals surface area contributed by atoms with Crippen molar-refractivity contribution in [3.8, 4) is 10.6 Å². The summed E-state index contributed by atoms with van der Waals surface area (Å²) in [6.45, 7) is 2.03. The third-order valence-corrected chi connectivity index (χ3v) is 5.77. The van der Waals surface area contributed by atoms with E-state index in [1.54, 1.807) is 22.7 Å². The molecule has 1 N–H and O–H groups in total. The molecule has 2 aromatic rings. The summed E-state index contributed by atoms with van der Waals surface area (Å²) in [4.78, 5) is 19.1. The van der Waals surface area contributed by atoms with Gasteiger partial charge in [-0.1, -0.05) is 18.9 Å². The van der Waals surface area contributed by atoms with Crippen molar-refractivity contribution < 1.29 is 4.79 Å². The lowest BCUT2D eigenvalue weighted by Gasteiger charge is -2.11. The highest BCUT2D eigenvalue weighted by Gasteiger charge is 2.18. The predicted octanol–water partition coefficient (Wildman–Crippen LogP) is 4.17. The van der Waals surface area contributed by atoms with Gasteiger partial charge in [-0.2, -0.15) is 0 Å². The van der Waals surface area contributed by atoms with Gasteiger partial charge in [-0.15, -0.1) is 22.7 Å². The summed E-state index contributed by atoms with van der Waals surface area (Å²) in [6.07, 6.45) is 6.15. The van der Waals surface area contributed by atoms with Crippen molar-refractivity contribution in [2.24, 2.45) is 0 Å². The minimum Gasteiger partial charge on any atom is -0.353 e. The van der Waals surface area contributed by atoms with Crippen LogP contribution in [0.25, 0.3) is 10.6 Å². The number of rotatable bonds is 5. The number of nitrogens with zero attached hydrogens (tertiary/aromatic N) is 1. The lowest BCUT2D eigenvalue weighted by atomic mass is 10.2. The van der Waals surface area contributed by atoms with E-state index in [-0.39, 0.29) is 5.91 Å². The summed E-state index contributed by atoms with van der Waals surface area (Å²) in [6, 6.07) is 4.56. The van der Waals surface area contributed by atoms with Crippen LogP contribution < -0.4 is 5.32 Å². The van der Waals surface area contributed by atoms with Gasteiger partial charge in [-0.05, 0) is 37.6 Å². The average molecular weight is 320 g/mol.